The fourth-order valence-corrected chi connectivity index (χ4v) is 0.555. The molecule has 0 rings (SSSR count). The van der Waals surface area contributed by atoms with E-state index >= 15 is 0 Å². The van der Waals surface area contributed by atoms with Crippen LogP contribution < -0.4 is 0 Å². The first-order valence-corrected chi connectivity index (χ1v) is 3.66. The number of hydrogen-bond donors (Lipinski definition) is 2. The molecule has 0 fully saturated rings. The summed E-state index contributed by atoms with van der Waals surface area (Å²) in [6, 6.07) is 0. The van der Waals surface area contributed by atoms with Gasteiger partial charge in [-0.15, -0.1) is 0 Å². The van der Waals surface area contributed by atoms with Crippen LogP contribution in [0.3, 0.4) is 0 Å². The normalized spacial score (nSPS) is 12.9. The number of hydrogen-bond acceptors (Lipinski definition) is 2. The molecular formula is C8H10ClNO2. The minimum absolute atomic E-state index is 0.377. The van der Waals surface area contributed by atoms with Crippen LogP contribution in [0.15, 0.2) is 22.8 Å². The lowest BCUT2D eigenvalue weighted by Gasteiger charge is -1.95. The van der Waals surface area contributed by atoms with Crippen molar-refractivity contribution in [2.75, 3.05) is 0 Å². The van der Waals surface area contributed by atoms with Crippen LogP contribution in [0.25, 0.3) is 0 Å². The predicted molar refractivity (Wildman–Crippen MR) is 48.7 cm³/mol. The molecule has 0 bridgehead atoms. The third-order valence-electron chi connectivity index (χ3n) is 1.17. The van der Waals surface area contributed by atoms with Gasteiger partial charge in [0, 0.05) is 5.03 Å². The van der Waals surface area contributed by atoms with Crippen LogP contribution in [-0.4, -0.2) is 16.8 Å². The van der Waals surface area contributed by atoms with Crippen molar-refractivity contribution in [1.82, 2.24) is 0 Å². The highest BCUT2D eigenvalue weighted by Crippen LogP contribution is 2.02. The molecule has 3 nitrogen and oxygen atoms in total. The lowest BCUT2D eigenvalue weighted by atomic mass is 10.2. The number of rotatable bonds is 3. The fourth-order valence-electron chi connectivity index (χ4n) is 0.492. The quantitative estimate of drug-likeness (QED) is 0.526. The zero-order chi connectivity index (χ0) is 9.72. The first kappa shape index (κ1) is 10.9. The van der Waals surface area contributed by atoms with Crippen LogP contribution >= 0.6 is 11.6 Å². The van der Waals surface area contributed by atoms with Crippen molar-refractivity contribution in [3.05, 3.63) is 22.8 Å². The molecule has 0 heterocycles. The summed E-state index contributed by atoms with van der Waals surface area (Å²) in [6.45, 7) is 3.22. The smallest absolute Gasteiger partial charge is 0.354 e. The number of carboxylic acids is 1. The van der Waals surface area contributed by atoms with Gasteiger partial charge in [0.25, 0.3) is 0 Å². The molecule has 0 saturated carbocycles. The molecule has 0 saturated heterocycles. The molecule has 0 aromatic rings. The molecule has 0 aliphatic carbocycles. The fraction of sp³-hybridized carbons (Fsp3) is 0.250. The number of nitrogens with one attached hydrogen (secondary N) is 1. The van der Waals surface area contributed by atoms with Gasteiger partial charge in [-0.3, -0.25) is 5.41 Å². The van der Waals surface area contributed by atoms with Crippen LogP contribution in [0, 0.1) is 5.41 Å². The minimum Gasteiger partial charge on any atom is -0.477 e. The molecule has 0 aliphatic heterocycles. The van der Waals surface area contributed by atoms with Crippen molar-refractivity contribution < 1.29 is 9.90 Å². The Bertz CT molecular complexity index is 262. The van der Waals surface area contributed by atoms with Crippen LogP contribution in [0.2, 0.25) is 0 Å². The van der Waals surface area contributed by atoms with Crippen molar-refractivity contribution in [3.8, 4) is 0 Å². The second-order valence-electron chi connectivity index (χ2n) is 2.28. The maximum atomic E-state index is 10.3. The largest absolute Gasteiger partial charge is 0.477 e. The molecule has 0 atom stereocenters. The predicted octanol–water partition coefficient (Wildman–Crippen LogP) is 2.18. The van der Waals surface area contributed by atoms with Crippen molar-refractivity contribution >= 4 is 23.3 Å². The maximum absolute atomic E-state index is 10.3. The minimum atomic E-state index is -1.23. The monoisotopic (exact) mass is 187 g/mol. The third-order valence-corrected chi connectivity index (χ3v) is 1.30. The first-order valence-electron chi connectivity index (χ1n) is 3.28. The van der Waals surface area contributed by atoms with Crippen LogP contribution in [0.4, 0.5) is 0 Å². The third kappa shape index (κ3) is 3.93. The van der Waals surface area contributed by atoms with Gasteiger partial charge in [0.1, 0.15) is 5.71 Å². The molecule has 0 spiro atoms. The highest BCUT2D eigenvalue weighted by molar-refractivity contribution is 6.41. The van der Waals surface area contributed by atoms with Gasteiger partial charge < -0.3 is 5.11 Å². The average molecular weight is 188 g/mol. The van der Waals surface area contributed by atoms with Crippen molar-refractivity contribution in [2.45, 2.75) is 13.8 Å². The molecule has 0 aromatic heterocycles. The van der Waals surface area contributed by atoms with Crippen molar-refractivity contribution in [3.63, 3.8) is 0 Å². The second-order valence-corrected chi connectivity index (χ2v) is 2.88. The molecule has 0 unspecified atom stereocenters. The standard InChI is InChI=1S/C8H10ClNO2/c1-5(3-4-6(2)9)7(10)8(11)12/h3-4,10H,1-2H3,(H,11,12)/b5-3-,6-4+,10-7?. The zero-order valence-electron chi connectivity index (χ0n) is 6.89. The summed E-state index contributed by atoms with van der Waals surface area (Å²) in [4.78, 5) is 10.3. The summed E-state index contributed by atoms with van der Waals surface area (Å²) in [6.07, 6.45) is 3.05. The number of aliphatic carboxylic acids is 1. The SMILES string of the molecule is C/C(=C/C=C(\C)Cl)C(=N)C(=O)O. The summed E-state index contributed by atoms with van der Waals surface area (Å²) in [5.41, 5.74) is -0.0355. The molecule has 2 N–H and O–H groups in total. The summed E-state index contributed by atoms with van der Waals surface area (Å²) >= 11 is 5.50. The van der Waals surface area contributed by atoms with E-state index in [9.17, 15) is 4.79 Å². The molecule has 4 heteroatoms. The van der Waals surface area contributed by atoms with Gasteiger partial charge in [0.15, 0.2) is 0 Å². The highest BCUT2D eigenvalue weighted by atomic mass is 35.5. The van der Waals surface area contributed by atoms with Crippen LogP contribution in [0.1, 0.15) is 13.8 Å². The van der Waals surface area contributed by atoms with E-state index in [0.717, 1.165) is 0 Å². The highest BCUT2D eigenvalue weighted by Gasteiger charge is 2.06. The Morgan fingerprint density at radius 3 is 2.25 bits per heavy atom. The van der Waals surface area contributed by atoms with Gasteiger partial charge in [-0.05, 0) is 25.5 Å². The van der Waals surface area contributed by atoms with E-state index in [0.29, 0.717) is 10.6 Å². The van der Waals surface area contributed by atoms with E-state index in [1.54, 1.807) is 19.9 Å². The van der Waals surface area contributed by atoms with E-state index in [4.69, 9.17) is 22.1 Å². The second kappa shape index (κ2) is 4.72. The Morgan fingerprint density at radius 2 is 1.92 bits per heavy atom. The lowest BCUT2D eigenvalue weighted by molar-refractivity contribution is -0.129. The van der Waals surface area contributed by atoms with Gasteiger partial charge in [-0.25, -0.2) is 4.79 Å². The van der Waals surface area contributed by atoms with Gasteiger partial charge in [0.05, 0.1) is 0 Å². The lowest BCUT2D eigenvalue weighted by Crippen LogP contribution is -2.12. The topological polar surface area (TPSA) is 61.2 Å². The molecule has 0 amide bonds. The Labute approximate surface area is 75.9 Å². The van der Waals surface area contributed by atoms with Crippen molar-refractivity contribution in [2.24, 2.45) is 0 Å². The van der Waals surface area contributed by atoms with E-state index in [1.807, 2.05) is 0 Å². The van der Waals surface area contributed by atoms with Crippen LogP contribution in [0.5, 0.6) is 0 Å². The number of allylic oxidation sites excluding steroid dienone is 3. The molecule has 0 aromatic carbocycles. The molecule has 0 radical (unpaired) electrons. The van der Waals surface area contributed by atoms with E-state index in [2.05, 4.69) is 0 Å². The Morgan fingerprint density at radius 1 is 1.42 bits per heavy atom. The van der Waals surface area contributed by atoms with E-state index < -0.39 is 11.7 Å². The van der Waals surface area contributed by atoms with Gasteiger partial charge in [-0.1, -0.05) is 17.7 Å². The average Bonchev–Trinajstić information content (AvgIpc) is 1.98. The number of carboxylic acid groups (broad SMARTS) is 1. The van der Waals surface area contributed by atoms with Gasteiger partial charge in [-0.2, -0.15) is 0 Å². The Balaban J connectivity index is 4.49. The molecule has 0 aliphatic rings. The molecule has 12 heavy (non-hydrogen) atoms. The first-order chi connectivity index (χ1) is 5.45. The van der Waals surface area contributed by atoms with Gasteiger partial charge >= 0.3 is 5.97 Å². The number of carbonyl (C=O) groups is 1. The Kier molecular flexibility index (Phi) is 4.29. The van der Waals surface area contributed by atoms with E-state index in [-0.39, 0.29) is 0 Å². The summed E-state index contributed by atoms with van der Waals surface area (Å²) in [5, 5.41) is 16.0. The van der Waals surface area contributed by atoms with E-state index in [1.165, 1.54) is 6.08 Å². The number of halogens is 1. The zero-order valence-corrected chi connectivity index (χ0v) is 7.64. The summed E-state index contributed by atoms with van der Waals surface area (Å²) in [5.74, 6) is -1.23. The Hall–Kier alpha value is -1.09. The van der Waals surface area contributed by atoms with Gasteiger partial charge in [0.2, 0.25) is 0 Å². The summed E-state index contributed by atoms with van der Waals surface area (Å²) in [7, 11) is 0. The summed E-state index contributed by atoms with van der Waals surface area (Å²) < 4.78 is 0. The van der Waals surface area contributed by atoms with Crippen molar-refractivity contribution in [1.29, 1.82) is 5.41 Å². The van der Waals surface area contributed by atoms with Crippen LogP contribution in [-0.2, 0) is 4.79 Å². The maximum Gasteiger partial charge on any atom is 0.354 e. The molecular weight excluding hydrogens is 178 g/mol. The molecule has 66 valence electrons.